The number of hydrogen-bond donors (Lipinski definition) is 1. The van der Waals surface area contributed by atoms with Crippen LogP contribution in [0.4, 0.5) is 0 Å². The SMILES string of the molecule is O=C(O)CCc1ccc2nc(Cl)ccc2c1Cl. The highest BCUT2D eigenvalue weighted by molar-refractivity contribution is 6.36. The lowest BCUT2D eigenvalue weighted by Gasteiger charge is -2.06. The van der Waals surface area contributed by atoms with Gasteiger partial charge in [0.1, 0.15) is 5.15 Å². The largest absolute Gasteiger partial charge is 0.481 e. The fourth-order valence-electron chi connectivity index (χ4n) is 1.62. The first-order chi connectivity index (χ1) is 8.08. The molecule has 0 fully saturated rings. The number of aromatic nitrogens is 1. The molecule has 0 radical (unpaired) electrons. The molecule has 1 heterocycles. The molecule has 5 heteroatoms. The fraction of sp³-hybridized carbons (Fsp3) is 0.167. The summed E-state index contributed by atoms with van der Waals surface area (Å²) in [6, 6.07) is 7.04. The Kier molecular flexibility index (Phi) is 3.50. The molecular formula is C12H9Cl2NO2. The van der Waals surface area contributed by atoms with Crippen LogP contribution in [0.5, 0.6) is 0 Å². The molecular weight excluding hydrogens is 261 g/mol. The van der Waals surface area contributed by atoms with Gasteiger partial charge in [0.2, 0.25) is 0 Å². The highest BCUT2D eigenvalue weighted by Crippen LogP contribution is 2.28. The number of rotatable bonds is 3. The van der Waals surface area contributed by atoms with Gasteiger partial charge >= 0.3 is 5.97 Å². The van der Waals surface area contributed by atoms with Gasteiger partial charge in [-0.2, -0.15) is 0 Å². The zero-order valence-electron chi connectivity index (χ0n) is 8.78. The van der Waals surface area contributed by atoms with E-state index in [-0.39, 0.29) is 6.42 Å². The summed E-state index contributed by atoms with van der Waals surface area (Å²) < 4.78 is 0. The first kappa shape index (κ1) is 12.1. The highest BCUT2D eigenvalue weighted by Gasteiger charge is 2.08. The molecule has 17 heavy (non-hydrogen) atoms. The minimum Gasteiger partial charge on any atom is -0.481 e. The van der Waals surface area contributed by atoms with E-state index < -0.39 is 5.97 Å². The Morgan fingerprint density at radius 2 is 2.00 bits per heavy atom. The number of carboxylic acids is 1. The zero-order chi connectivity index (χ0) is 12.4. The standard InChI is InChI=1S/C12H9Cl2NO2/c13-10-5-3-8-9(15-10)4-1-7(12(8)14)2-6-11(16)17/h1,3-5H,2,6H2,(H,16,17). The summed E-state index contributed by atoms with van der Waals surface area (Å²) in [6.07, 6.45) is 0.471. The Balaban J connectivity index is 2.43. The van der Waals surface area contributed by atoms with Crippen LogP contribution in [-0.2, 0) is 11.2 Å². The molecule has 0 aliphatic rings. The van der Waals surface area contributed by atoms with Crippen molar-refractivity contribution in [2.24, 2.45) is 0 Å². The number of nitrogens with zero attached hydrogens (tertiary/aromatic N) is 1. The maximum Gasteiger partial charge on any atom is 0.303 e. The van der Waals surface area contributed by atoms with Gasteiger partial charge in [-0.3, -0.25) is 4.79 Å². The normalized spacial score (nSPS) is 10.7. The van der Waals surface area contributed by atoms with Crippen molar-refractivity contribution in [3.05, 3.63) is 40.0 Å². The van der Waals surface area contributed by atoms with Gasteiger partial charge in [-0.15, -0.1) is 0 Å². The summed E-state index contributed by atoms with van der Waals surface area (Å²) in [5, 5.41) is 10.4. The monoisotopic (exact) mass is 269 g/mol. The minimum atomic E-state index is -0.838. The molecule has 0 spiro atoms. The highest BCUT2D eigenvalue weighted by atomic mass is 35.5. The maximum atomic E-state index is 10.5. The van der Waals surface area contributed by atoms with Crippen molar-refractivity contribution in [1.82, 2.24) is 4.98 Å². The van der Waals surface area contributed by atoms with Gasteiger partial charge in [0.25, 0.3) is 0 Å². The van der Waals surface area contributed by atoms with Crippen LogP contribution in [-0.4, -0.2) is 16.1 Å². The Morgan fingerprint density at radius 1 is 1.24 bits per heavy atom. The molecule has 0 bridgehead atoms. The molecule has 0 saturated carbocycles. The number of pyridine rings is 1. The minimum absolute atomic E-state index is 0.0618. The Morgan fingerprint density at radius 3 is 2.71 bits per heavy atom. The van der Waals surface area contributed by atoms with E-state index >= 15 is 0 Å². The number of aryl methyl sites for hydroxylation is 1. The summed E-state index contributed by atoms with van der Waals surface area (Å²) in [7, 11) is 0. The van der Waals surface area contributed by atoms with E-state index in [1.807, 2.05) is 0 Å². The van der Waals surface area contributed by atoms with Crippen molar-refractivity contribution in [3.8, 4) is 0 Å². The molecule has 0 amide bonds. The number of halogens is 2. The van der Waals surface area contributed by atoms with Crippen LogP contribution in [0, 0.1) is 0 Å². The molecule has 1 aromatic heterocycles. The fourth-order valence-corrected chi connectivity index (χ4v) is 2.09. The summed E-state index contributed by atoms with van der Waals surface area (Å²) in [4.78, 5) is 14.7. The molecule has 1 N–H and O–H groups in total. The van der Waals surface area contributed by atoms with Crippen molar-refractivity contribution in [1.29, 1.82) is 0 Å². The van der Waals surface area contributed by atoms with Crippen LogP contribution in [0.3, 0.4) is 0 Å². The van der Waals surface area contributed by atoms with E-state index in [2.05, 4.69) is 4.98 Å². The Labute approximate surface area is 108 Å². The second-order valence-electron chi connectivity index (χ2n) is 3.63. The number of carbonyl (C=O) groups is 1. The smallest absolute Gasteiger partial charge is 0.303 e. The summed E-state index contributed by atoms with van der Waals surface area (Å²) in [5.74, 6) is -0.838. The number of aliphatic carboxylic acids is 1. The van der Waals surface area contributed by atoms with Crippen molar-refractivity contribution in [3.63, 3.8) is 0 Å². The third kappa shape index (κ3) is 2.68. The van der Waals surface area contributed by atoms with Crippen LogP contribution in [0.15, 0.2) is 24.3 Å². The summed E-state index contributed by atoms with van der Waals surface area (Å²) in [6.45, 7) is 0. The lowest BCUT2D eigenvalue weighted by atomic mass is 10.1. The van der Waals surface area contributed by atoms with E-state index in [4.69, 9.17) is 28.3 Å². The third-order valence-corrected chi connectivity index (χ3v) is 3.12. The lowest BCUT2D eigenvalue weighted by molar-refractivity contribution is -0.136. The number of fused-ring (bicyclic) bond motifs is 1. The van der Waals surface area contributed by atoms with E-state index in [0.717, 1.165) is 10.9 Å². The van der Waals surface area contributed by atoms with Gasteiger partial charge in [-0.1, -0.05) is 29.3 Å². The average molecular weight is 270 g/mol. The van der Waals surface area contributed by atoms with Crippen LogP contribution in [0.1, 0.15) is 12.0 Å². The zero-order valence-corrected chi connectivity index (χ0v) is 10.3. The third-order valence-electron chi connectivity index (χ3n) is 2.46. The predicted octanol–water partition coefficient (Wildman–Crippen LogP) is 3.56. The summed E-state index contributed by atoms with van der Waals surface area (Å²) in [5.41, 5.74) is 1.52. The second kappa shape index (κ2) is 4.90. The van der Waals surface area contributed by atoms with Gasteiger partial charge < -0.3 is 5.11 Å². The van der Waals surface area contributed by atoms with Gasteiger partial charge in [-0.05, 0) is 30.2 Å². The van der Waals surface area contributed by atoms with E-state index in [9.17, 15) is 4.79 Å². The molecule has 2 rings (SSSR count). The molecule has 0 atom stereocenters. The second-order valence-corrected chi connectivity index (χ2v) is 4.40. The quantitative estimate of drug-likeness (QED) is 0.867. The van der Waals surface area contributed by atoms with Gasteiger partial charge in [0.05, 0.1) is 10.5 Å². The maximum absolute atomic E-state index is 10.5. The Bertz CT molecular complexity index is 584. The van der Waals surface area contributed by atoms with Gasteiger partial charge in [-0.25, -0.2) is 4.98 Å². The average Bonchev–Trinajstić information content (AvgIpc) is 2.27. The van der Waals surface area contributed by atoms with Gasteiger partial charge in [0.15, 0.2) is 0 Å². The first-order valence-electron chi connectivity index (χ1n) is 5.03. The molecule has 88 valence electrons. The number of benzene rings is 1. The van der Waals surface area contributed by atoms with E-state index in [1.165, 1.54) is 0 Å². The van der Waals surface area contributed by atoms with E-state index in [0.29, 0.717) is 22.1 Å². The van der Waals surface area contributed by atoms with Crippen molar-refractivity contribution >= 4 is 40.1 Å². The van der Waals surface area contributed by atoms with Crippen molar-refractivity contribution in [2.75, 3.05) is 0 Å². The Hall–Kier alpha value is -1.32. The number of carboxylic acid groups (broad SMARTS) is 1. The van der Waals surface area contributed by atoms with Crippen molar-refractivity contribution < 1.29 is 9.90 Å². The van der Waals surface area contributed by atoms with Crippen molar-refractivity contribution in [2.45, 2.75) is 12.8 Å². The molecule has 0 unspecified atom stereocenters. The van der Waals surface area contributed by atoms with Crippen LogP contribution < -0.4 is 0 Å². The molecule has 1 aromatic carbocycles. The molecule has 0 aliphatic carbocycles. The van der Waals surface area contributed by atoms with Crippen LogP contribution in [0.2, 0.25) is 10.2 Å². The topological polar surface area (TPSA) is 50.2 Å². The van der Waals surface area contributed by atoms with Crippen LogP contribution >= 0.6 is 23.2 Å². The molecule has 0 saturated heterocycles. The molecule has 3 nitrogen and oxygen atoms in total. The predicted molar refractivity (Wildman–Crippen MR) is 67.7 cm³/mol. The van der Waals surface area contributed by atoms with Gasteiger partial charge in [0, 0.05) is 11.8 Å². The van der Waals surface area contributed by atoms with E-state index in [1.54, 1.807) is 24.3 Å². The first-order valence-corrected chi connectivity index (χ1v) is 5.79. The number of hydrogen-bond acceptors (Lipinski definition) is 2. The lowest BCUT2D eigenvalue weighted by Crippen LogP contribution is -1.98. The van der Waals surface area contributed by atoms with Crippen LogP contribution in [0.25, 0.3) is 10.9 Å². The summed E-state index contributed by atoms with van der Waals surface area (Å²) >= 11 is 12.0. The molecule has 0 aliphatic heterocycles. The molecule has 2 aromatic rings.